The van der Waals surface area contributed by atoms with Crippen molar-refractivity contribution in [1.29, 1.82) is 0 Å². The number of hydrogen-bond acceptors (Lipinski definition) is 5. The lowest BCUT2D eigenvalue weighted by Crippen LogP contribution is -2.34. The van der Waals surface area contributed by atoms with Crippen molar-refractivity contribution < 1.29 is 13.2 Å². The molecule has 1 aliphatic carbocycles. The lowest BCUT2D eigenvalue weighted by molar-refractivity contribution is 0.107. The SMILES string of the molecule is CNCc1n[nH]c(C)c1S(=O)(=O)NC1CCC(OC)C1. The molecule has 20 heavy (non-hydrogen) atoms. The Balaban J connectivity index is 2.16. The Morgan fingerprint density at radius 2 is 2.20 bits per heavy atom. The molecule has 8 heteroatoms. The van der Waals surface area contributed by atoms with E-state index in [9.17, 15) is 8.42 Å². The number of aromatic nitrogens is 2. The third kappa shape index (κ3) is 3.20. The minimum absolute atomic E-state index is 0.0679. The van der Waals surface area contributed by atoms with Crippen LogP contribution in [0.25, 0.3) is 0 Å². The molecule has 0 aromatic carbocycles. The number of nitrogens with one attached hydrogen (secondary N) is 3. The van der Waals surface area contributed by atoms with Crippen LogP contribution in [0.1, 0.15) is 30.7 Å². The van der Waals surface area contributed by atoms with Gasteiger partial charge in [0.05, 0.1) is 17.5 Å². The second-order valence-electron chi connectivity index (χ2n) is 5.14. The summed E-state index contributed by atoms with van der Waals surface area (Å²) in [4.78, 5) is 0.257. The standard InChI is InChI=1S/C12H22N4O3S/c1-8-12(11(7-13-2)15-14-8)20(17,18)16-9-4-5-10(6-9)19-3/h9-10,13,16H,4-7H2,1-3H3,(H,14,15). The fourth-order valence-electron chi connectivity index (χ4n) is 2.65. The van der Waals surface area contributed by atoms with Crippen molar-refractivity contribution >= 4 is 10.0 Å². The Hall–Kier alpha value is -0.960. The molecule has 1 fully saturated rings. The molecule has 0 amide bonds. The van der Waals surface area contributed by atoms with Gasteiger partial charge >= 0.3 is 0 Å². The Labute approximate surface area is 119 Å². The van der Waals surface area contributed by atoms with Crippen LogP contribution in [0, 0.1) is 6.92 Å². The highest BCUT2D eigenvalue weighted by Crippen LogP contribution is 2.24. The van der Waals surface area contributed by atoms with Crippen LogP contribution in [0.15, 0.2) is 4.90 Å². The van der Waals surface area contributed by atoms with Crippen molar-refractivity contribution in [2.24, 2.45) is 0 Å². The van der Waals surface area contributed by atoms with Crippen LogP contribution in [0.4, 0.5) is 0 Å². The number of hydrogen-bond donors (Lipinski definition) is 3. The van der Waals surface area contributed by atoms with Crippen LogP contribution in [-0.4, -0.2) is 44.9 Å². The van der Waals surface area contributed by atoms with E-state index >= 15 is 0 Å². The van der Waals surface area contributed by atoms with Crippen LogP contribution < -0.4 is 10.0 Å². The largest absolute Gasteiger partial charge is 0.381 e. The zero-order chi connectivity index (χ0) is 14.8. The summed E-state index contributed by atoms with van der Waals surface area (Å²) in [5.41, 5.74) is 1.07. The Kier molecular flexibility index (Phi) is 4.79. The van der Waals surface area contributed by atoms with E-state index in [1.807, 2.05) is 0 Å². The van der Waals surface area contributed by atoms with E-state index in [0.717, 1.165) is 12.8 Å². The number of nitrogens with zero attached hydrogens (tertiary/aromatic N) is 1. The molecule has 0 spiro atoms. The highest BCUT2D eigenvalue weighted by Gasteiger charge is 2.31. The Morgan fingerprint density at radius 3 is 2.80 bits per heavy atom. The Bertz CT molecular complexity index is 555. The maximum absolute atomic E-state index is 12.5. The van der Waals surface area contributed by atoms with Gasteiger partial charge in [0, 0.05) is 19.7 Å². The molecule has 1 aliphatic rings. The third-order valence-electron chi connectivity index (χ3n) is 3.61. The van der Waals surface area contributed by atoms with Gasteiger partial charge in [-0.3, -0.25) is 5.10 Å². The molecule has 114 valence electrons. The van der Waals surface area contributed by atoms with Gasteiger partial charge in [0.25, 0.3) is 0 Å². The molecule has 1 saturated carbocycles. The molecule has 7 nitrogen and oxygen atoms in total. The summed E-state index contributed by atoms with van der Waals surface area (Å²) in [6, 6.07) is -0.0679. The van der Waals surface area contributed by atoms with Crippen LogP contribution in [0.3, 0.4) is 0 Å². The quantitative estimate of drug-likeness (QED) is 0.701. The molecule has 1 heterocycles. The summed E-state index contributed by atoms with van der Waals surface area (Å²) in [5, 5.41) is 9.71. The van der Waals surface area contributed by atoms with Gasteiger partial charge in [-0.25, -0.2) is 13.1 Å². The number of aromatic amines is 1. The smallest absolute Gasteiger partial charge is 0.244 e. The molecule has 3 N–H and O–H groups in total. The van der Waals surface area contributed by atoms with Crippen LogP contribution in [0.2, 0.25) is 0 Å². The number of H-pyrrole nitrogens is 1. The summed E-state index contributed by atoms with van der Waals surface area (Å²) in [5.74, 6) is 0. The number of aryl methyl sites for hydroxylation is 1. The molecule has 2 atom stereocenters. The van der Waals surface area contributed by atoms with Gasteiger partial charge in [0.1, 0.15) is 4.90 Å². The van der Waals surface area contributed by atoms with Gasteiger partial charge in [-0.15, -0.1) is 0 Å². The molecular weight excluding hydrogens is 280 g/mol. The highest BCUT2D eigenvalue weighted by atomic mass is 32.2. The van der Waals surface area contributed by atoms with Gasteiger partial charge < -0.3 is 10.1 Å². The van der Waals surface area contributed by atoms with E-state index in [4.69, 9.17) is 4.74 Å². The van der Waals surface area contributed by atoms with E-state index < -0.39 is 10.0 Å². The molecule has 1 aromatic heterocycles. The second kappa shape index (κ2) is 6.21. The number of methoxy groups -OCH3 is 1. The molecule has 0 aliphatic heterocycles. The molecule has 0 saturated heterocycles. The van der Waals surface area contributed by atoms with Gasteiger partial charge in [0.2, 0.25) is 10.0 Å². The summed E-state index contributed by atoms with van der Waals surface area (Å²) in [7, 11) is -0.137. The van der Waals surface area contributed by atoms with Gasteiger partial charge in [-0.05, 0) is 33.2 Å². The summed E-state index contributed by atoms with van der Waals surface area (Å²) < 4.78 is 33.1. The van der Waals surface area contributed by atoms with Crippen LogP contribution in [0.5, 0.6) is 0 Å². The predicted octanol–water partition coefficient (Wildman–Crippen LogP) is 0.283. The molecule has 0 bridgehead atoms. The van der Waals surface area contributed by atoms with Crippen molar-refractivity contribution in [1.82, 2.24) is 20.2 Å². The van der Waals surface area contributed by atoms with Crippen molar-refractivity contribution in [3.63, 3.8) is 0 Å². The van der Waals surface area contributed by atoms with E-state index in [0.29, 0.717) is 24.4 Å². The second-order valence-corrected chi connectivity index (χ2v) is 6.79. The Morgan fingerprint density at radius 1 is 1.45 bits per heavy atom. The lowest BCUT2D eigenvalue weighted by Gasteiger charge is -2.14. The fraction of sp³-hybridized carbons (Fsp3) is 0.750. The molecule has 1 aromatic rings. The highest BCUT2D eigenvalue weighted by molar-refractivity contribution is 7.89. The van der Waals surface area contributed by atoms with Crippen molar-refractivity contribution in [2.75, 3.05) is 14.2 Å². The maximum atomic E-state index is 12.5. The first-order chi connectivity index (χ1) is 9.47. The minimum atomic E-state index is -3.55. The van der Waals surface area contributed by atoms with Crippen molar-refractivity contribution in [3.05, 3.63) is 11.4 Å². The van der Waals surface area contributed by atoms with Crippen LogP contribution in [-0.2, 0) is 21.3 Å². The normalized spacial score (nSPS) is 23.4. The molecule has 2 rings (SSSR count). The number of rotatable bonds is 6. The number of sulfonamides is 1. The first-order valence-corrected chi connectivity index (χ1v) is 8.19. The zero-order valence-electron chi connectivity index (χ0n) is 12.1. The first-order valence-electron chi connectivity index (χ1n) is 6.71. The van der Waals surface area contributed by atoms with Crippen molar-refractivity contribution in [2.45, 2.75) is 49.8 Å². The summed E-state index contributed by atoms with van der Waals surface area (Å²) in [6.07, 6.45) is 2.55. The van der Waals surface area contributed by atoms with E-state index in [1.165, 1.54) is 0 Å². The lowest BCUT2D eigenvalue weighted by atomic mass is 10.3. The number of ether oxygens (including phenoxy) is 1. The fourth-order valence-corrected chi connectivity index (χ4v) is 4.30. The summed E-state index contributed by atoms with van der Waals surface area (Å²) >= 11 is 0. The average Bonchev–Trinajstić information content (AvgIpc) is 2.96. The van der Waals surface area contributed by atoms with Gasteiger partial charge in [-0.1, -0.05) is 0 Å². The van der Waals surface area contributed by atoms with E-state index in [2.05, 4.69) is 20.2 Å². The first kappa shape index (κ1) is 15.4. The monoisotopic (exact) mass is 302 g/mol. The summed E-state index contributed by atoms with van der Waals surface area (Å²) in [6.45, 7) is 2.12. The maximum Gasteiger partial charge on any atom is 0.244 e. The molecule has 0 radical (unpaired) electrons. The third-order valence-corrected chi connectivity index (χ3v) is 5.34. The predicted molar refractivity (Wildman–Crippen MR) is 74.8 cm³/mol. The molecular formula is C12H22N4O3S. The van der Waals surface area contributed by atoms with Crippen LogP contribution >= 0.6 is 0 Å². The zero-order valence-corrected chi connectivity index (χ0v) is 12.9. The van der Waals surface area contributed by atoms with E-state index in [1.54, 1.807) is 21.1 Å². The van der Waals surface area contributed by atoms with Crippen molar-refractivity contribution in [3.8, 4) is 0 Å². The van der Waals surface area contributed by atoms with E-state index in [-0.39, 0.29) is 17.0 Å². The molecule has 2 unspecified atom stereocenters. The minimum Gasteiger partial charge on any atom is -0.381 e. The van der Waals surface area contributed by atoms with Gasteiger partial charge in [0.15, 0.2) is 0 Å². The van der Waals surface area contributed by atoms with Gasteiger partial charge in [-0.2, -0.15) is 5.10 Å². The average molecular weight is 302 g/mol. The topological polar surface area (TPSA) is 96.1 Å².